The Labute approximate surface area is 195 Å². The van der Waals surface area contributed by atoms with E-state index < -0.39 is 0 Å². The molecule has 5 rings (SSSR count). The van der Waals surface area contributed by atoms with Crippen molar-refractivity contribution in [2.24, 2.45) is 0 Å². The third kappa shape index (κ3) is 5.17. The van der Waals surface area contributed by atoms with Crippen molar-refractivity contribution in [2.75, 3.05) is 68.7 Å². The van der Waals surface area contributed by atoms with Gasteiger partial charge >= 0.3 is 0 Å². The van der Waals surface area contributed by atoms with Crippen LogP contribution < -0.4 is 9.80 Å². The smallest absolute Gasteiger partial charge is 0.276 e. The summed E-state index contributed by atoms with van der Waals surface area (Å²) in [6, 6.07) is 20.9. The Morgan fingerprint density at radius 1 is 0.697 bits per heavy atom. The highest BCUT2D eigenvalue weighted by molar-refractivity contribution is 5.92. The molecule has 2 aliphatic heterocycles. The SMILES string of the molecule is O=C(c1cn(CCN2CCN(c3ccccc3)CC2)nn1)N1CCN(c2ccccc2)CC1. The zero-order valence-electron chi connectivity index (χ0n) is 19.0. The summed E-state index contributed by atoms with van der Waals surface area (Å²) in [5, 5.41) is 8.38. The van der Waals surface area contributed by atoms with E-state index in [1.807, 2.05) is 23.1 Å². The molecule has 1 amide bonds. The van der Waals surface area contributed by atoms with Gasteiger partial charge in [-0.3, -0.25) is 14.4 Å². The van der Waals surface area contributed by atoms with Crippen LogP contribution in [0.15, 0.2) is 66.9 Å². The van der Waals surface area contributed by atoms with Crippen LogP contribution in [0.25, 0.3) is 0 Å². The van der Waals surface area contributed by atoms with Crippen molar-refractivity contribution >= 4 is 17.3 Å². The van der Waals surface area contributed by atoms with Crippen LogP contribution in [-0.4, -0.2) is 89.6 Å². The molecule has 2 saturated heterocycles. The van der Waals surface area contributed by atoms with Crippen LogP contribution in [0.4, 0.5) is 11.4 Å². The van der Waals surface area contributed by atoms with E-state index in [4.69, 9.17) is 0 Å². The number of anilines is 2. The van der Waals surface area contributed by atoms with Gasteiger partial charge in [0.25, 0.3) is 5.91 Å². The lowest BCUT2D eigenvalue weighted by Crippen LogP contribution is -2.48. The minimum Gasteiger partial charge on any atom is -0.369 e. The van der Waals surface area contributed by atoms with Crippen molar-refractivity contribution in [2.45, 2.75) is 6.54 Å². The molecule has 2 aromatic carbocycles. The van der Waals surface area contributed by atoms with Crippen molar-refractivity contribution in [3.8, 4) is 0 Å². The van der Waals surface area contributed by atoms with Crippen molar-refractivity contribution in [3.05, 3.63) is 72.6 Å². The summed E-state index contributed by atoms with van der Waals surface area (Å²) >= 11 is 0. The van der Waals surface area contributed by atoms with Gasteiger partial charge in [0.1, 0.15) is 0 Å². The molecular formula is C25H31N7O. The first-order valence-electron chi connectivity index (χ1n) is 11.8. The number of hydrogen-bond acceptors (Lipinski definition) is 6. The van der Waals surface area contributed by atoms with Crippen LogP contribution in [0, 0.1) is 0 Å². The molecule has 0 aliphatic carbocycles. The average Bonchev–Trinajstić information content (AvgIpc) is 3.38. The number of carbonyl (C=O) groups excluding carboxylic acids is 1. The fraction of sp³-hybridized carbons (Fsp3) is 0.400. The maximum atomic E-state index is 12.9. The Hall–Kier alpha value is -3.39. The Morgan fingerprint density at radius 3 is 1.82 bits per heavy atom. The third-order valence-corrected chi connectivity index (χ3v) is 6.58. The number of aromatic nitrogens is 3. The van der Waals surface area contributed by atoms with E-state index in [2.05, 4.69) is 67.5 Å². The summed E-state index contributed by atoms with van der Waals surface area (Å²) in [5.41, 5.74) is 2.94. The Bertz CT molecular complexity index is 1020. The summed E-state index contributed by atoms with van der Waals surface area (Å²) in [6.45, 7) is 8.83. The second-order valence-corrected chi connectivity index (χ2v) is 8.65. The molecule has 2 fully saturated rings. The van der Waals surface area contributed by atoms with Gasteiger partial charge in [-0.05, 0) is 24.3 Å². The van der Waals surface area contributed by atoms with Gasteiger partial charge < -0.3 is 14.7 Å². The van der Waals surface area contributed by atoms with E-state index in [1.165, 1.54) is 11.4 Å². The Balaban J connectivity index is 1.07. The second kappa shape index (κ2) is 10.0. The summed E-state index contributed by atoms with van der Waals surface area (Å²) in [5.74, 6) is -0.0227. The fourth-order valence-electron chi connectivity index (χ4n) is 4.59. The van der Waals surface area contributed by atoms with E-state index in [9.17, 15) is 4.79 Å². The maximum Gasteiger partial charge on any atom is 0.276 e. The monoisotopic (exact) mass is 445 g/mol. The Morgan fingerprint density at radius 2 is 1.24 bits per heavy atom. The zero-order chi connectivity index (χ0) is 22.5. The van der Waals surface area contributed by atoms with Gasteiger partial charge in [0.2, 0.25) is 0 Å². The number of carbonyl (C=O) groups is 1. The molecule has 0 radical (unpaired) electrons. The minimum atomic E-state index is -0.0227. The molecule has 0 spiro atoms. The van der Waals surface area contributed by atoms with E-state index in [-0.39, 0.29) is 5.91 Å². The van der Waals surface area contributed by atoms with Crippen molar-refractivity contribution in [1.29, 1.82) is 0 Å². The Kier molecular flexibility index (Phi) is 6.53. The maximum absolute atomic E-state index is 12.9. The predicted octanol–water partition coefficient (Wildman–Crippen LogP) is 2.06. The topological polar surface area (TPSA) is 60.7 Å². The highest BCUT2D eigenvalue weighted by atomic mass is 16.2. The van der Waals surface area contributed by atoms with Crippen molar-refractivity contribution in [3.63, 3.8) is 0 Å². The highest BCUT2D eigenvalue weighted by Crippen LogP contribution is 2.17. The van der Waals surface area contributed by atoms with Gasteiger partial charge in [-0.15, -0.1) is 5.10 Å². The van der Waals surface area contributed by atoms with Crippen LogP contribution >= 0.6 is 0 Å². The van der Waals surface area contributed by atoms with Crippen LogP contribution in [0.3, 0.4) is 0 Å². The first-order chi connectivity index (χ1) is 16.3. The van der Waals surface area contributed by atoms with E-state index in [0.29, 0.717) is 18.8 Å². The molecule has 0 unspecified atom stereocenters. The van der Waals surface area contributed by atoms with Gasteiger partial charge in [0, 0.05) is 70.3 Å². The molecule has 172 valence electrons. The predicted molar refractivity (Wildman–Crippen MR) is 130 cm³/mol. The molecule has 0 saturated carbocycles. The van der Waals surface area contributed by atoms with Gasteiger partial charge in [0.05, 0.1) is 12.7 Å². The van der Waals surface area contributed by atoms with Gasteiger partial charge in [0.15, 0.2) is 5.69 Å². The van der Waals surface area contributed by atoms with Gasteiger partial charge in [-0.1, -0.05) is 41.6 Å². The van der Waals surface area contributed by atoms with Crippen LogP contribution in [-0.2, 0) is 6.54 Å². The van der Waals surface area contributed by atoms with Crippen LogP contribution in [0.2, 0.25) is 0 Å². The molecule has 2 aliphatic rings. The molecule has 33 heavy (non-hydrogen) atoms. The summed E-state index contributed by atoms with van der Waals surface area (Å²) in [6.07, 6.45) is 1.80. The van der Waals surface area contributed by atoms with E-state index in [1.54, 1.807) is 10.9 Å². The zero-order valence-corrected chi connectivity index (χ0v) is 19.0. The number of hydrogen-bond donors (Lipinski definition) is 0. The molecule has 0 bridgehead atoms. The normalized spacial score (nSPS) is 17.4. The molecule has 0 atom stereocenters. The van der Waals surface area contributed by atoms with Crippen LogP contribution in [0.5, 0.6) is 0 Å². The lowest BCUT2D eigenvalue weighted by Gasteiger charge is -2.36. The first kappa shape index (κ1) is 21.5. The number of para-hydroxylation sites is 2. The third-order valence-electron chi connectivity index (χ3n) is 6.58. The molecule has 0 N–H and O–H groups in total. The van der Waals surface area contributed by atoms with Crippen LogP contribution in [0.1, 0.15) is 10.5 Å². The van der Waals surface area contributed by atoms with E-state index in [0.717, 1.165) is 52.4 Å². The summed E-state index contributed by atoms with van der Waals surface area (Å²) in [7, 11) is 0. The van der Waals surface area contributed by atoms with Crippen molar-refractivity contribution < 1.29 is 4.79 Å². The quantitative estimate of drug-likeness (QED) is 0.579. The number of piperazine rings is 2. The highest BCUT2D eigenvalue weighted by Gasteiger charge is 2.24. The van der Waals surface area contributed by atoms with Gasteiger partial charge in [-0.25, -0.2) is 0 Å². The molecule has 3 heterocycles. The average molecular weight is 446 g/mol. The first-order valence-corrected chi connectivity index (χ1v) is 11.8. The summed E-state index contributed by atoms with van der Waals surface area (Å²) < 4.78 is 1.80. The molecule has 3 aromatic rings. The number of rotatable bonds is 6. The molecular weight excluding hydrogens is 414 g/mol. The number of nitrogens with zero attached hydrogens (tertiary/aromatic N) is 7. The largest absolute Gasteiger partial charge is 0.369 e. The lowest BCUT2D eigenvalue weighted by atomic mass is 10.2. The molecule has 8 heteroatoms. The number of benzene rings is 2. The minimum absolute atomic E-state index is 0.0227. The molecule has 8 nitrogen and oxygen atoms in total. The van der Waals surface area contributed by atoms with Gasteiger partial charge in [-0.2, -0.15) is 0 Å². The lowest BCUT2D eigenvalue weighted by molar-refractivity contribution is 0.0740. The fourth-order valence-corrected chi connectivity index (χ4v) is 4.59. The van der Waals surface area contributed by atoms with E-state index >= 15 is 0 Å². The second-order valence-electron chi connectivity index (χ2n) is 8.65. The number of amides is 1. The van der Waals surface area contributed by atoms with Crippen molar-refractivity contribution in [1.82, 2.24) is 24.8 Å². The molecule has 1 aromatic heterocycles. The summed E-state index contributed by atoms with van der Waals surface area (Å²) in [4.78, 5) is 22.0. The standard InChI is InChI=1S/C25H31N7O/c33-25(31-18-16-30(17-19-31)23-9-5-2-6-10-23)24-21-32(27-26-24)20-13-28-11-14-29(15-12-28)22-7-3-1-4-8-22/h1-10,21H,11-20H2.